The number of aryl methyl sites for hydroxylation is 2. The molecule has 0 aliphatic heterocycles. The summed E-state index contributed by atoms with van der Waals surface area (Å²) in [6.45, 7) is 4.66. The van der Waals surface area contributed by atoms with Crippen LogP contribution in [0.15, 0.2) is 42.5 Å². The largest absolute Gasteiger partial charge is 0.492 e. The normalized spacial score (nSPS) is 11.0. The van der Waals surface area contributed by atoms with Crippen LogP contribution in [0.2, 0.25) is 0 Å². The molecule has 0 spiro atoms. The van der Waals surface area contributed by atoms with E-state index in [9.17, 15) is 13.2 Å². The molecule has 0 radical (unpaired) electrons. The van der Waals surface area contributed by atoms with Gasteiger partial charge in [0.15, 0.2) is 0 Å². The zero-order valence-corrected chi connectivity index (χ0v) is 15.3. The molecule has 0 saturated carbocycles. The van der Waals surface area contributed by atoms with Crippen molar-refractivity contribution in [3.8, 4) is 5.75 Å². The van der Waals surface area contributed by atoms with Crippen LogP contribution < -0.4 is 14.8 Å². The third kappa shape index (κ3) is 5.79. The van der Waals surface area contributed by atoms with Crippen molar-refractivity contribution in [2.45, 2.75) is 13.8 Å². The monoisotopic (exact) mass is 362 g/mol. The molecule has 0 saturated heterocycles. The van der Waals surface area contributed by atoms with Gasteiger partial charge in [0.1, 0.15) is 12.4 Å². The number of anilines is 1. The molecule has 0 bridgehead atoms. The van der Waals surface area contributed by atoms with Crippen LogP contribution in [-0.4, -0.2) is 33.7 Å². The summed E-state index contributed by atoms with van der Waals surface area (Å²) in [6, 6.07) is 12.3. The van der Waals surface area contributed by atoms with Gasteiger partial charge in [0, 0.05) is 0 Å². The van der Waals surface area contributed by atoms with Crippen LogP contribution in [0.3, 0.4) is 0 Å². The van der Waals surface area contributed by atoms with E-state index >= 15 is 0 Å². The molecule has 0 fully saturated rings. The van der Waals surface area contributed by atoms with E-state index < -0.39 is 10.0 Å². The number of sulfonamides is 1. The molecule has 0 heterocycles. The van der Waals surface area contributed by atoms with Gasteiger partial charge in [-0.25, -0.2) is 8.42 Å². The second-order valence-corrected chi connectivity index (χ2v) is 7.52. The van der Waals surface area contributed by atoms with Crippen molar-refractivity contribution in [3.05, 3.63) is 59.2 Å². The number of carbonyl (C=O) groups is 1. The van der Waals surface area contributed by atoms with Gasteiger partial charge < -0.3 is 10.1 Å². The summed E-state index contributed by atoms with van der Waals surface area (Å²) in [5.74, 6) is 0.381. The molecule has 0 atom stereocenters. The summed E-state index contributed by atoms with van der Waals surface area (Å²) < 4.78 is 30.7. The lowest BCUT2D eigenvalue weighted by Gasteiger charge is -2.12. The van der Waals surface area contributed by atoms with Gasteiger partial charge in [0.2, 0.25) is 10.0 Å². The summed E-state index contributed by atoms with van der Waals surface area (Å²) >= 11 is 0. The molecule has 0 unspecified atom stereocenters. The summed E-state index contributed by atoms with van der Waals surface area (Å²) in [5, 5.41) is 2.72. The summed E-state index contributed by atoms with van der Waals surface area (Å²) in [4.78, 5) is 12.3. The second-order valence-electron chi connectivity index (χ2n) is 5.77. The zero-order valence-electron chi connectivity index (χ0n) is 14.5. The molecule has 0 aromatic heterocycles. The Labute approximate surface area is 148 Å². The van der Waals surface area contributed by atoms with E-state index in [4.69, 9.17) is 4.74 Å². The first-order valence-electron chi connectivity index (χ1n) is 7.81. The van der Waals surface area contributed by atoms with Crippen molar-refractivity contribution in [2.24, 2.45) is 0 Å². The van der Waals surface area contributed by atoms with E-state index in [1.165, 1.54) is 5.56 Å². The Hall–Kier alpha value is -2.54. The number of ether oxygens (including phenoxy) is 1. The Morgan fingerprint density at radius 3 is 2.48 bits per heavy atom. The van der Waals surface area contributed by atoms with Crippen molar-refractivity contribution in [1.82, 2.24) is 5.32 Å². The highest BCUT2D eigenvalue weighted by Gasteiger charge is 2.13. The first-order chi connectivity index (χ1) is 11.8. The topological polar surface area (TPSA) is 84.5 Å². The fourth-order valence-electron chi connectivity index (χ4n) is 2.20. The molecular weight excluding hydrogens is 340 g/mol. The van der Waals surface area contributed by atoms with Gasteiger partial charge in [0.05, 0.1) is 24.1 Å². The van der Waals surface area contributed by atoms with Crippen molar-refractivity contribution in [3.63, 3.8) is 0 Å². The molecule has 2 aromatic rings. The molecule has 0 aliphatic carbocycles. The minimum Gasteiger partial charge on any atom is -0.492 e. The van der Waals surface area contributed by atoms with Crippen molar-refractivity contribution >= 4 is 21.6 Å². The van der Waals surface area contributed by atoms with E-state index in [-0.39, 0.29) is 17.2 Å². The van der Waals surface area contributed by atoms with E-state index in [0.717, 1.165) is 17.6 Å². The molecule has 25 heavy (non-hydrogen) atoms. The van der Waals surface area contributed by atoms with Crippen molar-refractivity contribution in [1.29, 1.82) is 0 Å². The molecule has 134 valence electrons. The van der Waals surface area contributed by atoms with Crippen LogP contribution in [-0.2, 0) is 10.0 Å². The smallest absolute Gasteiger partial charge is 0.253 e. The molecule has 7 heteroatoms. The molecule has 6 nitrogen and oxygen atoms in total. The molecule has 0 aliphatic rings. The number of rotatable bonds is 7. The lowest BCUT2D eigenvalue weighted by Crippen LogP contribution is -2.29. The van der Waals surface area contributed by atoms with E-state index in [1.807, 2.05) is 32.0 Å². The molecule has 2 aromatic carbocycles. The predicted octanol–water partition coefficient (Wildman–Crippen LogP) is 2.48. The lowest BCUT2D eigenvalue weighted by atomic mass is 10.1. The quantitative estimate of drug-likeness (QED) is 0.741. The van der Waals surface area contributed by atoms with Crippen LogP contribution >= 0.6 is 0 Å². The standard InChI is InChI=1S/C18H22N2O4S/c1-13-8-9-15(12-14(13)2)24-11-10-19-18(21)16-6-4-5-7-17(16)20-25(3,22)23/h4-9,12,20H,10-11H2,1-3H3,(H,19,21). The zero-order chi connectivity index (χ0) is 18.4. The number of amides is 1. The third-order valence-electron chi connectivity index (χ3n) is 3.60. The fraction of sp³-hybridized carbons (Fsp3) is 0.278. The van der Waals surface area contributed by atoms with E-state index in [0.29, 0.717) is 13.2 Å². The number of benzene rings is 2. The van der Waals surface area contributed by atoms with E-state index in [2.05, 4.69) is 10.0 Å². The van der Waals surface area contributed by atoms with Crippen molar-refractivity contribution in [2.75, 3.05) is 24.1 Å². The Bertz CT molecular complexity index is 863. The summed E-state index contributed by atoms with van der Waals surface area (Å²) in [5.41, 5.74) is 2.84. The number of hydrogen-bond donors (Lipinski definition) is 2. The Balaban J connectivity index is 1.91. The maximum Gasteiger partial charge on any atom is 0.253 e. The Kier molecular flexibility index (Phi) is 6.03. The highest BCUT2D eigenvalue weighted by molar-refractivity contribution is 7.92. The average molecular weight is 362 g/mol. The maximum atomic E-state index is 12.3. The van der Waals surface area contributed by atoms with Crippen molar-refractivity contribution < 1.29 is 17.9 Å². The predicted molar refractivity (Wildman–Crippen MR) is 98.7 cm³/mol. The SMILES string of the molecule is Cc1ccc(OCCNC(=O)c2ccccc2NS(C)(=O)=O)cc1C. The highest BCUT2D eigenvalue weighted by atomic mass is 32.2. The van der Waals surface area contributed by atoms with Gasteiger partial charge >= 0.3 is 0 Å². The van der Waals surface area contributed by atoms with Crippen LogP contribution in [0.4, 0.5) is 5.69 Å². The Morgan fingerprint density at radius 2 is 1.80 bits per heavy atom. The summed E-state index contributed by atoms with van der Waals surface area (Å²) in [6.07, 6.45) is 1.04. The number of carbonyl (C=O) groups excluding carboxylic acids is 1. The van der Waals surface area contributed by atoms with Crippen LogP contribution in [0.5, 0.6) is 5.75 Å². The number of hydrogen-bond acceptors (Lipinski definition) is 4. The molecule has 1 amide bonds. The summed E-state index contributed by atoms with van der Waals surface area (Å²) in [7, 11) is -3.46. The average Bonchev–Trinajstić information content (AvgIpc) is 2.53. The van der Waals surface area contributed by atoms with Crippen LogP contribution in [0, 0.1) is 13.8 Å². The first kappa shape index (κ1) is 18.8. The van der Waals surface area contributed by atoms with Gasteiger partial charge in [-0.15, -0.1) is 0 Å². The van der Waals surface area contributed by atoms with Gasteiger partial charge in [-0.3, -0.25) is 9.52 Å². The molecule has 2 N–H and O–H groups in total. The minimum atomic E-state index is -3.46. The number of para-hydroxylation sites is 1. The molecular formula is C18H22N2O4S. The third-order valence-corrected chi connectivity index (χ3v) is 4.19. The first-order valence-corrected chi connectivity index (χ1v) is 9.70. The van der Waals surface area contributed by atoms with Gasteiger partial charge in [0.25, 0.3) is 5.91 Å². The van der Waals surface area contributed by atoms with Crippen LogP contribution in [0.25, 0.3) is 0 Å². The van der Waals surface area contributed by atoms with Crippen LogP contribution in [0.1, 0.15) is 21.5 Å². The second kappa shape index (κ2) is 8.02. The fourth-order valence-corrected chi connectivity index (χ4v) is 2.78. The molecule has 2 rings (SSSR count). The van der Waals surface area contributed by atoms with Gasteiger partial charge in [-0.1, -0.05) is 18.2 Å². The maximum absolute atomic E-state index is 12.3. The minimum absolute atomic E-state index is 0.248. The van der Waals surface area contributed by atoms with Gasteiger partial charge in [-0.05, 0) is 49.2 Å². The van der Waals surface area contributed by atoms with Gasteiger partial charge in [-0.2, -0.15) is 0 Å². The highest BCUT2D eigenvalue weighted by Crippen LogP contribution is 2.17. The number of nitrogens with one attached hydrogen (secondary N) is 2. The Morgan fingerprint density at radius 1 is 1.08 bits per heavy atom. The van der Waals surface area contributed by atoms with E-state index in [1.54, 1.807) is 24.3 Å². The lowest BCUT2D eigenvalue weighted by molar-refractivity contribution is 0.0948.